The summed E-state index contributed by atoms with van der Waals surface area (Å²) in [7, 11) is 4.79. The largest absolute Gasteiger partial charge is 0.497 e. The van der Waals surface area contributed by atoms with Gasteiger partial charge in [0, 0.05) is 18.3 Å². The lowest BCUT2D eigenvalue weighted by Crippen LogP contribution is -2.23. The topological polar surface area (TPSA) is 74.6 Å². The first-order valence-electron chi connectivity index (χ1n) is 10.4. The molecule has 0 aliphatic heterocycles. The number of para-hydroxylation sites is 1. The average Bonchev–Trinajstić information content (AvgIpc) is 3.33. The zero-order valence-corrected chi connectivity index (χ0v) is 18.7. The monoisotopic (exact) mass is 443 g/mol. The Hall–Kier alpha value is -4.26. The Balaban J connectivity index is 1.63. The van der Waals surface area contributed by atoms with Gasteiger partial charge in [-0.3, -0.25) is 4.79 Å². The molecule has 3 aromatic carbocycles. The molecule has 0 bridgehead atoms. The second kappa shape index (κ2) is 9.91. The molecular formula is C26H25N3O4. The zero-order chi connectivity index (χ0) is 23.2. The van der Waals surface area contributed by atoms with Crippen molar-refractivity contribution in [3.8, 4) is 34.2 Å². The quantitative estimate of drug-likeness (QED) is 0.434. The predicted octanol–water partition coefficient (Wildman–Crippen LogP) is 4.50. The highest BCUT2D eigenvalue weighted by Gasteiger charge is 2.19. The predicted molar refractivity (Wildman–Crippen MR) is 126 cm³/mol. The SMILES string of the molecule is COc1ccc(-c2nn(-c3ccccc3)cc2C(=O)NCc2ccc(OC)c(OC)c2)cc1. The van der Waals surface area contributed by atoms with Crippen LogP contribution in [-0.4, -0.2) is 37.0 Å². The molecule has 0 aliphatic carbocycles. The molecule has 7 nitrogen and oxygen atoms in total. The maximum atomic E-state index is 13.2. The highest BCUT2D eigenvalue weighted by atomic mass is 16.5. The van der Waals surface area contributed by atoms with Crippen LogP contribution in [0.5, 0.6) is 17.2 Å². The number of carbonyl (C=O) groups is 1. The van der Waals surface area contributed by atoms with Gasteiger partial charge in [-0.1, -0.05) is 24.3 Å². The van der Waals surface area contributed by atoms with Crippen LogP contribution in [0.25, 0.3) is 16.9 Å². The first-order chi connectivity index (χ1) is 16.1. The fourth-order valence-corrected chi connectivity index (χ4v) is 3.48. The molecular weight excluding hydrogens is 418 g/mol. The normalized spacial score (nSPS) is 10.5. The van der Waals surface area contributed by atoms with E-state index in [0.29, 0.717) is 29.3 Å². The van der Waals surface area contributed by atoms with Crippen molar-refractivity contribution in [3.63, 3.8) is 0 Å². The maximum absolute atomic E-state index is 13.2. The van der Waals surface area contributed by atoms with Crippen molar-refractivity contribution in [2.75, 3.05) is 21.3 Å². The van der Waals surface area contributed by atoms with E-state index in [4.69, 9.17) is 19.3 Å². The Kier molecular flexibility index (Phi) is 6.59. The Morgan fingerprint density at radius 3 is 2.27 bits per heavy atom. The number of ether oxygens (including phenoxy) is 3. The minimum absolute atomic E-state index is 0.224. The Morgan fingerprint density at radius 1 is 0.879 bits per heavy atom. The summed E-state index contributed by atoms with van der Waals surface area (Å²) in [5, 5.41) is 7.70. The fourth-order valence-electron chi connectivity index (χ4n) is 3.48. The third-order valence-electron chi connectivity index (χ3n) is 5.24. The fraction of sp³-hybridized carbons (Fsp3) is 0.154. The first kappa shape index (κ1) is 22.0. The van der Waals surface area contributed by atoms with Crippen LogP contribution in [0.2, 0.25) is 0 Å². The Bertz CT molecular complexity index is 1230. The van der Waals surface area contributed by atoms with Crippen LogP contribution in [0.15, 0.2) is 79.0 Å². The molecule has 4 aromatic rings. The molecule has 0 aliphatic rings. The van der Waals surface area contributed by atoms with Crippen molar-refractivity contribution in [1.29, 1.82) is 0 Å². The van der Waals surface area contributed by atoms with Crippen molar-refractivity contribution >= 4 is 5.91 Å². The van der Waals surface area contributed by atoms with Crippen LogP contribution in [0.1, 0.15) is 15.9 Å². The number of hydrogen-bond acceptors (Lipinski definition) is 5. The van der Waals surface area contributed by atoms with Gasteiger partial charge >= 0.3 is 0 Å². The number of aromatic nitrogens is 2. The van der Waals surface area contributed by atoms with E-state index >= 15 is 0 Å². The molecule has 1 heterocycles. The number of rotatable bonds is 8. The van der Waals surface area contributed by atoms with Gasteiger partial charge in [-0.05, 0) is 54.1 Å². The minimum Gasteiger partial charge on any atom is -0.497 e. The van der Waals surface area contributed by atoms with Crippen molar-refractivity contribution < 1.29 is 19.0 Å². The Morgan fingerprint density at radius 2 is 1.61 bits per heavy atom. The number of nitrogens with zero attached hydrogens (tertiary/aromatic N) is 2. The molecule has 0 spiro atoms. The summed E-state index contributed by atoms with van der Waals surface area (Å²) in [6.07, 6.45) is 1.75. The van der Waals surface area contributed by atoms with Crippen molar-refractivity contribution in [2.45, 2.75) is 6.54 Å². The molecule has 4 rings (SSSR count). The van der Waals surface area contributed by atoms with Crippen molar-refractivity contribution in [2.24, 2.45) is 0 Å². The number of benzene rings is 3. The lowest BCUT2D eigenvalue weighted by atomic mass is 10.1. The van der Waals surface area contributed by atoms with Crippen LogP contribution in [0, 0.1) is 0 Å². The third-order valence-corrected chi connectivity index (χ3v) is 5.24. The zero-order valence-electron chi connectivity index (χ0n) is 18.7. The van der Waals surface area contributed by atoms with Gasteiger partial charge in [-0.15, -0.1) is 0 Å². The van der Waals surface area contributed by atoms with Gasteiger partial charge in [0.05, 0.1) is 32.6 Å². The van der Waals surface area contributed by atoms with E-state index in [9.17, 15) is 4.79 Å². The highest BCUT2D eigenvalue weighted by Crippen LogP contribution is 2.28. The molecule has 1 N–H and O–H groups in total. The van der Waals surface area contributed by atoms with E-state index in [1.807, 2.05) is 72.8 Å². The van der Waals surface area contributed by atoms with E-state index < -0.39 is 0 Å². The molecule has 0 fully saturated rings. The number of nitrogens with one attached hydrogen (secondary N) is 1. The summed E-state index contributed by atoms with van der Waals surface area (Å²) in [6, 6.07) is 22.7. The van der Waals surface area contributed by atoms with Gasteiger partial charge in [-0.2, -0.15) is 5.10 Å². The molecule has 0 unspecified atom stereocenters. The Labute approximate surface area is 192 Å². The van der Waals surface area contributed by atoms with Gasteiger partial charge in [0.2, 0.25) is 0 Å². The molecule has 33 heavy (non-hydrogen) atoms. The summed E-state index contributed by atoms with van der Waals surface area (Å²) >= 11 is 0. The number of amides is 1. The second-order valence-corrected chi connectivity index (χ2v) is 7.27. The van der Waals surface area contributed by atoms with E-state index in [0.717, 1.165) is 22.6 Å². The van der Waals surface area contributed by atoms with Gasteiger partial charge < -0.3 is 19.5 Å². The molecule has 0 radical (unpaired) electrons. The minimum atomic E-state index is -0.224. The van der Waals surface area contributed by atoms with Gasteiger partial charge in [0.15, 0.2) is 11.5 Å². The van der Waals surface area contributed by atoms with Crippen LogP contribution in [-0.2, 0) is 6.54 Å². The van der Waals surface area contributed by atoms with Crippen molar-refractivity contribution in [1.82, 2.24) is 15.1 Å². The number of hydrogen-bond donors (Lipinski definition) is 1. The molecule has 1 aromatic heterocycles. The molecule has 1 amide bonds. The highest BCUT2D eigenvalue weighted by molar-refractivity contribution is 6.00. The number of carbonyl (C=O) groups excluding carboxylic acids is 1. The van der Waals surface area contributed by atoms with E-state index in [-0.39, 0.29) is 5.91 Å². The maximum Gasteiger partial charge on any atom is 0.255 e. The van der Waals surface area contributed by atoms with Gasteiger partial charge in [0.25, 0.3) is 5.91 Å². The summed E-state index contributed by atoms with van der Waals surface area (Å²) in [5.74, 6) is 1.76. The average molecular weight is 444 g/mol. The van der Waals surface area contributed by atoms with E-state index in [1.54, 1.807) is 32.2 Å². The van der Waals surface area contributed by atoms with Crippen LogP contribution >= 0.6 is 0 Å². The molecule has 0 saturated carbocycles. The summed E-state index contributed by atoms with van der Waals surface area (Å²) < 4.78 is 17.6. The van der Waals surface area contributed by atoms with Gasteiger partial charge in [-0.25, -0.2) is 4.68 Å². The molecule has 0 atom stereocenters. The lowest BCUT2D eigenvalue weighted by Gasteiger charge is -2.10. The first-order valence-corrected chi connectivity index (χ1v) is 10.4. The van der Waals surface area contributed by atoms with Gasteiger partial charge in [0.1, 0.15) is 11.4 Å². The molecule has 168 valence electrons. The lowest BCUT2D eigenvalue weighted by molar-refractivity contribution is 0.0951. The summed E-state index contributed by atoms with van der Waals surface area (Å²) in [4.78, 5) is 13.2. The summed E-state index contributed by atoms with van der Waals surface area (Å²) in [6.45, 7) is 0.331. The summed E-state index contributed by atoms with van der Waals surface area (Å²) in [5.41, 5.74) is 3.64. The number of methoxy groups -OCH3 is 3. The molecule has 7 heteroatoms. The van der Waals surface area contributed by atoms with E-state index in [2.05, 4.69) is 5.32 Å². The second-order valence-electron chi connectivity index (χ2n) is 7.27. The van der Waals surface area contributed by atoms with Crippen molar-refractivity contribution in [3.05, 3.63) is 90.1 Å². The van der Waals surface area contributed by atoms with E-state index in [1.165, 1.54) is 0 Å². The standard InChI is InChI=1S/C26H25N3O4/c1-31-21-12-10-19(11-13-21)25-22(17-29(28-25)20-7-5-4-6-8-20)26(30)27-16-18-9-14-23(32-2)24(15-18)33-3/h4-15,17H,16H2,1-3H3,(H,27,30). The van der Waals surface area contributed by atoms with Crippen LogP contribution in [0.4, 0.5) is 0 Å². The smallest absolute Gasteiger partial charge is 0.255 e. The third kappa shape index (κ3) is 4.82. The van der Waals surface area contributed by atoms with Crippen LogP contribution in [0.3, 0.4) is 0 Å². The molecule has 0 saturated heterocycles. The van der Waals surface area contributed by atoms with Crippen LogP contribution < -0.4 is 19.5 Å².